The monoisotopic (exact) mass is 659 g/mol. The third-order valence-corrected chi connectivity index (χ3v) is 9.11. The number of benzene rings is 2. The lowest BCUT2D eigenvalue weighted by atomic mass is 9.64. The van der Waals surface area contributed by atoms with Crippen molar-refractivity contribution in [2.45, 2.75) is 65.9 Å². The second kappa shape index (κ2) is 10.3. The van der Waals surface area contributed by atoms with Crippen molar-refractivity contribution in [1.29, 1.82) is 0 Å². The summed E-state index contributed by atoms with van der Waals surface area (Å²) in [5, 5.41) is 0.678. The van der Waals surface area contributed by atoms with Crippen molar-refractivity contribution in [3.8, 4) is 11.5 Å². The Hall–Kier alpha value is -2.32. The molecule has 0 atom stereocenters. The zero-order valence-electron chi connectivity index (χ0n) is 23.4. The maximum absolute atomic E-state index is 13.8. The first kappa shape index (κ1) is 28.2. The van der Waals surface area contributed by atoms with Crippen LogP contribution in [0.15, 0.2) is 58.9 Å². The van der Waals surface area contributed by atoms with Crippen molar-refractivity contribution in [2.75, 3.05) is 14.2 Å². The molecule has 0 fully saturated rings. The summed E-state index contributed by atoms with van der Waals surface area (Å²) < 4.78 is 12.9. The summed E-state index contributed by atoms with van der Waals surface area (Å²) in [5.74, 6) is 1.06. The minimum atomic E-state index is -0.411. The predicted molar refractivity (Wildman–Crippen MR) is 162 cm³/mol. The van der Waals surface area contributed by atoms with Crippen LogP contribution in [0, 0.1) is 14.4 Å². The molecule has 0 saturated carbocycles. The largest absolute Gasteiger partial charge is 0.493 e. The highest BCUT2D eigenvalue weighted by molar-refractivity contribution is 14.1. The van der Waals surface area contributed by atoms with E-state index in [4.69, 9.17) is 21.1 Å². The third-order valence-electron chi connectivity index (χ3n) is 8.06. The summed E-state index contributed by atoms with van der Waals surface area (Å²) in [4.78, 5) is 29.7. The Kier molecular flexibility index (Phi) is 7.42. The van der Waals surface area contributed by atoms with E-state index in [2.05, 4.69) is 55.2 Å². The first-order valence-corrected chi connectivity index (χ1v) is 14.8. The first-order valence-electron chi connectivity index (χ1n) is 13.3. The van der Waals surface area contributed by atoms with E-state index in [1.807, 2.05) is 43.4 Å². The van der Waals surface area contributed by atoms with Crippen molar-refractivity contribution in [2.24, 2.45) is 10.8 Å². The fourth-order valence-electron chi connectivity index (χ4n) is 6.28. The van der Waals surface area contributed by atoms with Crippen molar-refractivity contribution in [3.63, 3.8) is 0 Å². The number of methoxy groups -OCH3 is 1. The number of ether oxygens (including phenoxy) is 2. The molecule has 0 N–H and O–H groups in total. The van der Waals surface area contributed by atoms with E-state index < -0.39 is 5.92 Å². The molecule has 0 aromatic heterocycles. The number of ketones is 2. The summed E-state index contributed by atoms with van der Waals surface area (Å²) in [5.41, 5.74) is 5.23. The molecule has 3 aliphatic rings. The Morgan fingerprint density at radius 1 is 0.923 bits per heavy atom. The summed E-state index contributed by atoms with van der Waals surface area (Å²) in [6, 6.07) is 11.5. The molecule has 39 heavy (non-hydrogen) atoms. The number of hydrogen-bond acceptors (Lipinski definition) is 5. The van der Waals surface area contributed by atoms with Gasteiger partial charge in [-0.05, 0) is 81.7 Å². The van der Waals surface area contributed by atoms with E-state index in [1.165, 1.54) is 0 Å². The summed E-state index contributed by atoms with van der Waals surface area (Å²) in [6.45, 7) is 8.96. The van der Waals surface area contributed by atoms with Gasteiger partial charge in [0.15, 0.2) is 23.1 Å². The Morgan fingerprint density at radius 3 is 1.97 bits per heavy atom. The van der Waals surface area contributed by atoms with Crippen LogP contribution in [0.25, 0.3) is 0 Å². The molecule has 1 aliphatic heterocycles. The minimum Gasteiger partial charge on any atom is -0.493 e. The van der Waals surface area contributed by atoms with Crippen molar-refractivity contribution in [1.82, 2.24) is 4.90 Å². The molecule has 2 aromatic carbocycles. The topological polar surface area (TPSA) is 55.8 Å². The summed E-state index contributed by atoms with van der Waals surface area (Å²) in [7, 11) is 3.65. The Bertz CT molecular complexity index is 1370. The van der Waals surface area contributed by atoms with E-state index in [9.17, 15) is 9.59 Å². The van der Waals surface area contributed by atoms with Crippen molar-refractivity contribution in [3.05, 3.63) is 78.7 Å². The Morgan fingerprint density at radius 2 is 1.46 bits per heavy atom. The number of carbonyl (C=O) groups excluding carboxylic acids is 2. The maximum atomic E-state index is 13.8. The van der Waals surface area contributed by atoms with E-state index in [-0.39, 0.29) is 22.4 Å². The smallest absolute Gasteiger partial charge is 0.174 e. The predicted octanol–water partition coefficient (Wildman–Crippen LogP) is 7.85. The van der Waals surface area contributed by atoms with E-state index in [0.717, 1.165) is 50.1 Å². The fourth-order valence-corrected chi connectivity index (χ4v) is 7.19. The van der Waals surface area contributed by atoms with Gasteiger partial charge in [-0.25, -0.2) is 0 Å². The van der Waals surface area contributed by atoms with Crippen molar-refractivity contribution < 1.29 is 19.1 Å². The van der Waals surface area contributed by atoms with Crippen LogP contribution >= 0.6 is 34.2 Å². The lowest BCUT2D eigenvalue weighted by Gasteiger charge is -2.48. The lowest BCUT2D eigenvalue weighted by Crippen LogP contribution is -2.43. The fraction of sp³-hybridized carbons (Fsp3) is 0.438. The van der Waals surface area contributed by atoms with Crippen LogP contribution in [-0.4, -0.2) is 30.6 Å². The van der Waals surface area contributed by atoms with Gasteiger partial charge in [0.05, 0.1) is 10.7 Å². The van der Waals surface area contributed by atoms with Gasteiger partial charge in [0.25, 0.3) is 0 Å². The molecule has 7 heteroatoms. The number of hydrogen-bond donors (Lipinski definition) is 0. The molecule has 0 bridgehead atoms. The standard InChI is InChI=1S/C32H35ClINO4/c1-31(2)13-22-28(24(36)15-31)27(29-23(35(22)5)14-32(3,4)16-25(29)37)19-11-21(34)30(26(12-19)38-6)39-17-18-7-9-20(33)10-8-18/h7-12,27H,13-17H2,1-6H3. The Labute approximate surface area is 249 Å². The van der Waals surface area contributed by atoms with E-state index in [1.54, 1.807) is 7.11 Å². The zero-order chi connectivity index (χ0) is 28.3. The van der Waals surface area contributed by atoms with Crippen molar-refractivity contribution >= 4 is 45.8 Å². The number of halogens is 2. The number of nitrogens with zero attached hydrogens (tertiary/aromatic N) is 1. The first-order chi connectivity index (χ1) is 18.3. The molecule has 5 rings (SSSR count). The molecule has 2 aliphatic carbocycles. The Balaban J connectivity index is 1.62. The van der Waals surface area contributed by atoms with Gasteiger partial charge < -0.3 is 14.4 Å². The molecule has 2 aromatic rings. The second-order valence-corrected chi connectivity index (χ2v) is 14.1. The number of carbonyl (C=O) groups is 2. The molecule has 206 valence electrons. The van der Waals surface area contributed by atoms with E-state index in [0.29, 0.717) is 36.0 Å². The van der Waals surface area contributed by atoms with Gasteiger partial charge in [-0.2, -0.15) is 0 Å². The van der Waals surface area contributed by atoms with Crippen LogP contribution in [0.3, 0.4) is 0 Å². The van der Waals surface area contributed by atoms with Crippen LogP contribution in [0.2, 0.25) is 5.02 Å². The van der Waals surface area contributed by atoms with E-state index >= 15 is 0 Å². The average Bonchev–Trinajstić information content (AvgIpc) is 2.84. The third kappa shape index (κ3) is 5.39. The van der Waals surface area contributed by atoms with Crippen LogP contribution < -0.4 is 9.47 Å². The normalized spacial score (nSPS) is 20.7. The molecule has 0 unspecified atom stereocenters. The average molecular weight is 660 g/mol. The molecule has 0 spiro atoms. The SMILES string of the molecule is COc1cc(C2C3=C(CC(C)(C)CC3=O)N(C)C3=C2C(=O)CC(C)(C)C3)cc(I)c1OCc1ccc(Cl)cc1. The van der Waals surface area contributed by atoms with Gasteiger partial charge in [0, 0.05) is 53.4 Å². The van der Waals surface area contributed by atoms with Crippen LogP contribution in [0.1, 0.15) is 70.4 Å². The molecule has 0 radical (unpaired) electrons. The molecule has 5 nitrogen and oxygen atoms in total. The highest BCUT2D eigenvalue weighted by Gasteiger charge is 2.48. The van der Waals surface area contributed by atoms with Gasteiger partial charge in [-0.1, -0.05) is 51.4 Å². The lowest BCUT2D eigenvalue weighted by molar-refractivity contribution is -0.119. The quantitative estimate of drug-likeness (QED) is 0.306. The molecular formula is C32H35ClINO4. The molecule has 1 heterocycles. The number of allylic oxidation sites excluding steroid dienone is 4. The maximum Gasteiger partial charge on any atom is 0.174 e. The zero-order valence-corrected chi connectivity index (χ0v) is 26.3. The van der Waals surface area contributed by atoms with Gasteiger partial charge in [0.1, 0.15) is 6.61 Å². The number of rotatable bonds is 5. The van der Waals surface area contributed by atoms with Crippen LogP contribution in [0.5, 0.6) is 11.5 Å². The summed E-state index contributed by atoms with van der Waals surface area (Å²) in [6.07, 6.45) is 2.52. The van der Waals surface area contributed by atoms with Gasteiger partial charge in [0.2, 0.25) is 0 Å². The second-order valence-electron chi connectivity index (χ2n) is 12.5. The van der Waals surface area contributed by atoms with Gasteiger partial charge in [-0.3, -0.25) is 9.59 Å². The molecular weight excluding hydrogens is 625 g/mol. The highest BCUT2D eigenvalue weighted by atomic mass is 127. The molecule has 0 amide bonds. The highest BCUT2D eigenvalue weighted by Crippen LogP contribution is 2.54. The van der Waals surface area contributed by atoms with Gasteiger partial charge >= 0.3 is 0 Å². The van der Waals surface area contributed by atoms with Gasteiger partial charge in [-0.15, -0.1) is 0 Å². The number of Topliss-reactive ketones (excluding diaryl/α,β-unsaturated/α-hetero) is 2. The van der Waals surface area contributed by atoms with Crippen LogP contribution in [0.4, 0.5) is 0 Å². The van der Waals surface area contributed by atoms with Crippen LogP contribution in [-0.2, 0) is 16.2 Å². The summed E-state index contributed by atoms with van der Waals surface area (Å²) >= 11 is 8.29. The minimum absolute atomic E-state index is 0.124. The molecule has 0 saturated heterocycles.